The third-order valence-electron chi connectivity index (χ3n) is 4.82. The van der Waals surface area contributed by atoms with E-state index in [0.717, 1.165) is 23.3 Å². The topological polar surface area (TPSA) is 72.2 Å². The number of benzene rings is 3. The fraction of sp³-hybridized carbons (Fsp3) is 0.125. The summed E-state index contributed by atoms with van der Waals surface area (Å²) in [5.41, 5.74) is 2.84. The molecule has 4 aromatic rings. The second-order valence-electron chi connectivity index (χ2n) is 7.14. The Morgan fingerprint density at radius 1 is 0.935 bits per heavy atom. The first-order valence-electron chi connectivity index (χ1n) is 9.80. The molecule has 31 heavy (non-hydrogen) atoms. The molecule has 0 aliphatic heterocycles. The molecular formula is C24H21FN2O3S. The summed E-state index contributed by atoms with van der Waals surface area (Å²) in [6.45, 7) is 2.42. The highest BCUT2D eigenvalue weighted by molar-refractivity contribution is 7.91. The SMILES string of the molecule is Cc1ccc(-c2nc(S(=O)(=O)c3ccc(F)cc3)c(NCCc3ccccc3)o2)cc1. The fourth-order valence-corrected chi connectivity index (χ4v) is 4.39. The van der Waals surface area contributed by atoms with Crippen LogP contribution < -0.4 is 5.32 Å². The lowest BCUT2D eigenvalue weighted by Crippen LogP contribution is -2.09. The summed E-state index contributed by atoms with van der Waals surface area (Å²) < 4.78 is 45.6. The van der Waals surface area contributed by atoms with Crippen LogP contribution in [-0.2, 0) is 16.3 Å². The van der Waals surface area contributed by atoms with Crippen molar-refractivity contribution in [3.05, 3.63) is 95.8 Å². The van der Waals surface area contributed by atoms with Gasteiger partial charge < -0.3 is 9.73 Å². The largest absolute Gasteiger partial charge is 0.419 e. The number of nitrogens with zero attached hydrogens (tertiary/aromatic N) is 1. The smallest absolute Gasteiger partial charge is 0.233 e. The zero-order chi connectivity index (χ0) is 21.8. The lowest BCUT2D eigenvalue weighted by Gasteiger charge is -2.06. The van der Waals surface area contributed by atoms with Gasteiger partial charge in [0.15, 0.2) is 0 Å². The molecular weight excluding hydrogens is 415 g/mol. The van der Waals surface area contributed by atoms with Gasteiger partial charge in [0.1, 0.15) is 5.82 Å². The molecule has 0 aliphatic rings. The number of rotatable bonds is 7. The average molecular weight is 437 g/mol. The van der Waals surface area contributed by atoms with Gasteiger partial charge in [0.25, 0.3) is 0 Å². The summed E-state index contributed by atoms with van der Waals surface area (Å²) in [6, 6.07) is 21.9. The van der Waals surface area contributed by atoms with Gasteiger partial charge in [-0.3, -0.25) is 0 Å². The average Bonchev–Trinajstić information content (AvgIpc) is 3.20. The number of sulfone groups is 1. The maximum absolute atomic E-state index is 13.3. The highest BCUT2D eigenvalue weighted by Crippen LogP contribution is 2.32. The first kappa shape index (κ1) is 20.8. The Kier molecular flexibility index (Phi) is 5.86. The van der Waals surface area contributed by atoms with Crippen LogP contribution in [0.5, 0.6) is 0 Å². The van der Waals surface area contributed by atoms with Crippen molar-refractivity contribution in [1.82, 2.24) is 4.98 Å². The van der Waals surface area contributed by atoms with Crippen LogP contribution in [0.2, 0.25) is 0 Å². The van der Waals surface area contributed by atoms with Gasteiger partial charge in [-0.2, -0.15) is 4.98 Å². The van der Waals surface area contributed by atoms with Crippen molar-refractivity contribution in [1.29, 1.82) is 0 Å². The Morgan fingerprint density at radius 3 is 2.29 bits per heavy atom. The van der Waals surface area contributed by atoms with Gasteiger partial charge in [0, 0.05) is 12.1 Å². The fourth-order valence-electron chi connectivity index (χ4n) is 3.11. The van der Waals surface area contributed by atoms with E-state index in [1.807, 2.05) is 61.5 Å². The maximum Gasteiger partial charge on any atom is 0.233 e. The van der Waals surface area contributed by atoms with Crippen molar-refractivity contribution in [2.24, 2.45) is 0 Å². The third kappa shape index (κ3) is 4.67. The van der Waals surface area contributed by atoms with E-state index < -0.39 is 15.7 Å². The van der Waals surface area contributed by atoms with Crippen molar-refractivity contribution in [2.75, 3.05) is 11.9 Å². The lowest BCUT2D eigenvalue weighted by atomic mass is 10.1. The van der Waals surface area contributed by atoms with Crippen molar-refractivity contribution in [3.8, 4) is 11.5 Å². The number of halogens is 1. The quantitative estimate of drug-likeness (QED) is 0.399. The summed E-state index contributed by atoms with van der Waals surface area (Å²) in [4.78, 5) is 4.24. The number of hydrogen-bond donors (Lipinski definition) is 1. The van der Waals surface area contributed by atoms with E-state index in [9.17, 15) is 12.8 Å². The van der Waals surface area contributed by atoms with Crippen molar-refractivity contribution >= 4 is 15.7 Å². The minimum Gasteiger partial charge on any atom is -0.419 e. The first-order valence-corrected chi connectivity index (χ1v) is 11.3. The van der Waals surface area contributed by atoms with Gasteiger partial charge in [-0.1, -0.05) is 48.0 Å². The highest BCUT2D eigenvalue weighted by Gasteiger charge is 2.28. The van der Waals surface area contributed by atoms with Crippen LogP contribution in [-0.4, -0.2) is 19.9 Å². The maximum atomic E-state index is 13.3. The Morgan fingerprint density at radius 2 is 1.61 bits per heavy atom. The van der Waals surface area contributed by atoms with Gasteiger partial charge in [-0.15, -0.1) is 0 Å². The molecule has 0 radical (unpaired) electrons. The van der Waals surface area contributed by atoms with Crippen LogP contribution in [0.25, 0.3) is 11.5 Å². The van der Waals surface area contributed by atoms with E-state index in [1.54, 1.807) is 0 Å². The molecule has 4 rings (SSSR count). The molecule has 0 unspecified atom stereocenters. The van der Waals surface area contributed by atoms with E-state index >= 15 is 0 Å². The van der Waals surface area contributed by atoms with E-state index in [2.05, 4.69) is 10.3 Å². The summed E-state index contributed by atoms with van der Waals surface area (Å²) in [5, 5.41) is 2.85. The number of nitrogens with one attached hydrogen (secondary N) is 1. The standard InChI is InChI=1S/C24H21FN2O3S/c1-17-7-9-19(10-8-17)22-27-24(31(28,29)21-13-11-20(25)12-14-21)23(30-22)26-16-15-18-5-3-2-4-6-18/h2-14,26H,15-16H2,1H3. The van der Waals surface area contributed by atoms with Crippen LogP contribution in [0.3, 0.4) is 0 Å². The minimum absolute atomic E-state index is 0.0521. The molecule has 0 aliphatic carbocycles. The Hall–Kier alpha value is -3.45. The highest BCUT2D eigenvalue weighted by atomic mass is 32.2. The van der Waals surface area contributed by atoms with E-state index in [0.29, 0.717) is 18.5 Å². The summed E-state index contributed by atoms with van der Waals surface area (Å²) in [6.07, 6.45) is 0.678. The van der Waals surface area contributed by atoms with E-state index in [-0.39, 0.29) is 21.7 Å². The molecule has 0 amide bonds. The van der Waals surface area contributed by atoms with Gasteiger partial charge in [0.2, 0.25) is 26.6 Å². The van der Waals surface area contributed by atoms with Gasteiger partial charge >= 0.3 is 0 Å². The van der Waals surface area contributed by atoms with E-state index in [4.69, 9.17) is 4.42 Å². The number of aromatic nitrogens is 1. The predicted octanol–water partition coefficient (Wildman–Crippen LogP) is 5.28. The van der Waals surface area contributed by atoms with Crippen molar-refractivity contribution in [3.63, 3.8) is 0 Å². The monoisotopic (exact) mass is 436 g/mol. The van der Waals surface area contributed by atoms with Crippen molar-refractivity contribution < 1.29 is 17.2 Å². The van der Waals surface area contributed by atoms with E-state index in [1.165, 1.54) is 12.1 Å². The zero-order valence-electron chi connectivity index (χ0n) is 16.9. The molecule has 5 nitrogen and oxygen atoms in total. The van der Waals surface area contributed by atoms with Crippen LogP contribution in [0.4, 0.5) is 10.3 Å². The zero-order valence-corrected chi connectivity index (χ0v) is 17.7. The molecule has 0 bridgehead atoms. The summed E-state index contributed by atoms with van der Waals surface area (Å²) >= 11 is 0. The molecule has 158 valence electrons. The van der Waals surface area contributed by atoms with Crippen LogP contribution >= 0.6 is 0 Å². The Labute approximate surface area is 180 Å². The number of hydrogen-bond acceptors (Lipinski definition) is 5. The number of anilines is 1. The number of oxazole rings is 1. The molecule has 0 saturated carbocycles. The second-order valence-corrected chi connectivity index (χ2v) is 9.00. The lowest BCUT2D eigenvalue weighted by molar-refractivity contribution is 0.576. The Bertz CT molecular complexity index is 1270. The molecule has 1 N–H and O–H groups in total. The molecule has 0 fully saturated rings. The normalized spacial score (nSPS) is 11.4. The summed E-state index contributed by atoms with van der Waals surface area (Å²) in [5.74, 6) is -0.251. The van der Waals surface area contributed by atoms with Crippen LogP contribution in [0.15, 0.2) is 93.2 Å². The molecule has 1 aromatic heterocycles. The number of aryl methyl sites for hydroxylation is 1. The molecule has 7 heteroatoms. The second kappa shape index (κ2) is 8.73. The predicted molar refractivity (Wildman–Crippen MR) is 117 cm³/mol. The van der Waals surface area contributed by atoms with Crippen LogP contribution in [0, 0.1) is 12.7 Å². The summed E-state index contributed by atoms with van der Waals surface area (Å²) in [7, 11) is -4.01. The third-order valence-corrected chi connectivity index (χ3v) is 6.49. The van der Waals surface area contributed by atoms with Crippen LogP contribution in [0.1, 0.15) is 11.1 Å². The van der Waals surface area contributed by atoms with Gasteiger partial charge in [-0.25, -0.2) is 12.8 Å². The molecule has 0 spiro atoms. The molecule has 1 heterocycles. The van der Waals surface area contributed by atoms with Gasteiger partial charge in [-0.05, 0) is 55.3 Å². The minimum atomic E-state index is -4.01. The molecule has 0 atom stereocenters. The van der Waals surface area contributed by atoms with Gasteiger partial charge in [0.05, 0.1) is 4.90 Å². The molecule has 0 saturated heterocycles. The first-order chi connectivity index (χ1) is 14.9. The Balaban J connectivity index is 1.69. The molecule has 3 aromatic carbocycles. The van der Waals surface area contributed by atoms with Crippen molar-refractivity contribution in [2.45, 2.75) is 23.3 Å².